The summed E-state index contributed by atoms with van der Waals surface area (Å²) in [5.74, 6) is 0. The van der Waals surface area contributed by atoms with Crippen molar-refractivity contribution >= 4 is 71.3 Å². The lowest BCUT2D eigenvalue weighted by Gasteiger charge is -2.26. The monoisotopic (exact) mass is 639 g/mol. The summed E-state index contributed by atoms with van der Waals surface area (Å²) in [6, 6.07) is 57.5. The van der Waals surface area contributed by atoms with Crippen molar-refractivity contribution in [2.45, 2.75) is 0 Å². The standard InChI is InChI=1S/C46H29N3O/c1-2-11-35-27-45-41(24-32(35)8-1)40-14-7-15-44(46(40)50-45)49(38-20-16-30(17-21-38)42-25-33-9-3-5-12-36(33)28-47-42)39-22-18-31(19-23-39)43-26-34-10-4-6-13-37(34)29-48-43/h1-29H. The first-order chi connectivity index (χ1) is 24.7. The molecular weight excluding hydrogens is 611 g/mol. The number of hydrogen-bond donors (Lipinski definition) is 0. The molecule has 0 aliphatic heterocycles. The number of benzene rings is 7. The Bertz CT molecular complexity index is 2750. The average Bonchev–Trinajstić information content (AvgIpc) is 3.55. The van der Waals surface area contributed by atoms with Gasteiger partial charge in [0, 0.05) is 56.4 Å². The maximum absolute atomic E-state index is 6.72. The number of aromatic nitrogens is 2. The molecule has 10 rings (SSSR count). The van der Waals surface area contributed by atoms with E-state index in [1.165, 1.54) is 16.2 Å². The molecule has 0 fully saturated rings. The number of nitrogens with zero attached hydrogens (tertiary/aromatic N) is 3. The van der Waals surface area contributed by atoms with E-state index in [1.54, 1.807) is 0 Å². The van der Waals surface area contributed by atoms with Gasteiger partial charge in [0.2, 0.25) is 0 Å². The van der Waals surface area contributed by atoms with Crippen LogP contribution in [0, 0.1) is 0 Å². The van der Waals surface area contributed by atoms with Crippen molar-refractivity contribution in [2.24, 2.45) is 0 Å². The van der Waals surface area contributed by atoms with Crippen LogP contribution in [0.4, 0.5) is 17.1 Å². The number of pyridine rings is 2. The van der Waals surface area contributed by atoms with Gasteiger partial charge in [0.25, 0.3) is 0 Å². The first-order valence-corrected chi connectivity index (χ1v) is 16.8. The van der Waals surface area contributed by atoms with E-state index < -0.39 is 0 Å². The van der Waals surface area contributed by atoms with Crippen molar-refractivity contribution in [2.75, 3.05) is 4.90 Å². The van der Waals surface area contributed by atoms with Crippen LogP contribution in [0.3, 0.4) is 0 Å². The maximum Gasteiger partial charge on any atom is 0.159 e. The highest BCUT2D eigenvalue weighted by Crippen LogP contribution is 2.43. The van der Waals surface area contributed by atoms with Crippen molar-refractivity contribution in [1.82, 2.24) is 9.97 Å². The third kappa shape index (κ3) is 4.77. The molecular formula is C46H29N3O. The minimum atomic E-state index is 0.846. The van der Waals surface area contributed by atoms with E-state index in [1.807, 2.05) is 24.5 Å². The van der Waals surface area contributed by atoms with Gasteiger partial charge < -0.3 is 9.32 Å². The maximum atomic E-state index is 6.72. The average molecular weight is 640 g/mol. The summed E-state index contributed by atoms with van der Waals surface area (Å²) < 4.78 is 6.72. The molecule has 0 spiro atoms. The molecule has 3 aromatic heterocycles. The first-order valence-electron chi connectivity index (χ1n) is 16.8. The van der Waals surface area contributed by atoms with Crippen LogP contribution in [0.15, 0.2) is 181 Å². The zero-order valence-electron chi connectivity index (χ0n) is 27.0. The minimum absolute atomic E-state index is 0.846. The second kappa shape index (κ2) is 11.4. The van der Waals surface area contributed by atoms with Gasteiger partial charge in [-0.05, 0) is 76.1 Å². The summed E-state index contributed by atoms with van der Waals surface area (Å²) in [5, 5.41) is 9.16. The molecule has 0 radical (unpaired) electrons. The molecule has 0 N–H and O–H groups in total. The topological polar surface area (TPSA) is 42.2 Å². The van der Waals surface area contributed by atoms with Crippen LogP contribution in [0.2, 0.25) is 0 Å². The van der Waals surface area contributed by atoms with Gasteiger partial charge >= 0.3 is 0 Å². The van der Waals surface area contributed by atoms with Crippen LogP contribution in [0.1, 0.15) is 0 Å². The van der Waals surface area contributed by atoms with Gasteiger partial charge in [-0.3, -0.25) is 9.97 Å². The normalized spacial score (nSPS) is 11.6. The molecule has 3 heterocycles. The predicted octanol–water partition coefficient (Wildman–Crippen LogP) is 12.6. The Kier molecular flexibility index (Phi) is 6.46. The largest absolute Gasteiger partial charge is 0.454 e. The van der Waals surface area contributed by atoms with E-state index >= 15 is 0 Å². The molecule has 0 saturated carbocycles. The Hall–Kier alpha value is -6.78. The summed E-state index contributed by atoms with van der Waals surface area (Å²) in [6.07, 6.45) is 3.89. The molecule has 234 valence electrons. The molecule has 0 aliphatic carbocycles. The summed E-state index contributed by atoms with van der Waals surface area (Å²) in [5.41, 5.74) is 8.74. The van der Waals surface area contributed by atoms with Gasteiger partial charge in [0.1, 0.15) is 5.58 Å². The highest BCUT2D eigenvalue weighted by atomic mass is 16.3. The number of fused-ring (bicyclic) bond motifs is 6. The van der Waals surface area contributed by atoms with E-state index in [4.69, 9.17) is 14.4 Å². The van der Waals surface area contributed by atoms with Gasteiger partial charge in [-0.2, -0.15) is 0 Å². The van der Waals surface area contributed by atoms with Crippen molar-refractivity contribution in [3.05, 3.63) is 176 Å². The summed E-state index contributed by atoms with van der Waals surface area (Å²) in [4.78, 5) is 11.8. The smallest absolute Gasteiger partial charge is 0.159 e. The van der Waals surface area contributed by atoms with Crippen LogP contribution >= 0.6 is 0 Å². The lowest BCUT2D eigenvalue weighted by molar-refractivity contribution is 0.669. The van der Waals surface area contributed by atoms with Gasteiger partial charge in [-0.25, -0.2) is 0 Å². The number of para-hydroxylation sites is 1. The SMILES string of the molecule is c1ccc2cc(-c3ccc(N(c4ccc(-c5cc6ccccc6cn5)cc4)c4cccc5c4oc4cc6ccccc6cc45)cc3)ncc2c1. The molecule has 50 heavy (non-hydrogen) atoms. The fourth-order valence-electron chi connectivity index (χ4n) is 7.12. The molecule has 0 aliphatic rings. The Morgan fingerprint density at radius 1 is 0.400 bits per heavy atom. The van der Waals surface area contributed by atoms with Crippen LogP contribution in [-0.4, -0.2) is 9.97 Å². The van der Waals surface area contributed by atoms with Crippen molar-refractivity contribution in [3.8, 4) is 22.5 Å². The number of hydrogen-bond acceptors (Lipinski definition) is 4. The zero-order chi connectivity index (χ0) is 33.0. The molecule has 7 aromatic carbocycles. The molecule has 4 nitrogen and oxygen atoms in total. The summed E-state index contributed by atoms with van der Waals surface area (Å²) in [7, 11) is 0. The van der Waals surface area contributed by atoms with Gasteiger partial charge in [0.05, 0.1) is 17.1 Å². The van der Waals surface area contributed by atoms with Gasteiger partial charge in [0.15, 0.2) is 5.58 Å². The fourth-order valence-corrected chi connectivity index (χ4v) is 7.12. The second-order valence-corrected chi connectivity index (χ2v) is 12.7. The lowest BCUT2D eigenvalue weighted by atomic mass is 10.0. The fraction of sp³-hybridized carbons (Fsp3) is 0. The third-order valence-corrected chi connectivity index (χ3v) is 9.69. The van der Waals surface area contributed by atoms with Gasteiger partial charge in [-0.15, -0.1) is 0 Å². The first kappa shape index (κ1) is 28.3. The van der Waals surface area contributed by atoms with Crippen LogP contribution in [0.5, 0.6) is 0 Å². The van der Waals surface area contributed by atoms with E-state index in [-0.39, 0.29) is 0 Å². The predicted molar refractivity (Wildman–Crippen MR) is 207 cm³/mol. The summed E-state index contributed by atoms with van der Waals surface area (Å²) >= 11 is 0. The molecule has 0 saturated heterocycles. The Balaban J connectivity index is 1.11. The minimum Gasteiger partial charge on any atom is -0.454 e. The van der Waals surface area contributed by atoms with E-state index in [2.05, 4.69) is 157 Å². The number of furan rings is 1. The Morgan fingerprint density at radius 2 is 0.880 bits per heavy atom. The van der Waals surface area contributed by atoms with Gasteiger partial charge in [-0.1, -0.05) is 109 Å². The summed E-state index contributed by atoms with van der Waals surface area (Å²) in [6.45, 7) is 0. The molecule has 4 heteroatoms. The van der Waals surface area contributed by atoms with Crippen LogP contribution in [-0.2, 0) is 0 Å². The number of rotatable bonds is 5. The Labute approximate surface area is 288 Å². The van der Waals surface area contributed by atoms with E-state index in [0.29, 0.717) is 0 Å². The lowest BCUT2D eigenvalue weighted by Crippen LogP contribution is -2.10. The van der Waals surface area contributed by atoms with Crippen molar-refractivity contribution in [3.63, 3.8) is 0 Å². The molecule has 0 bridgehead atoms. The van der Waals surface area contributed by atoms with Crippen molar-refractivity contribution < 1.29 is 4.42 Å². The van der Waals surface area contributed by atoms with Crippen LogP contribution < -0.4 is 4.90 Å². The van der Waals surface area contributed by atoms with E-state index in [0.717, 1.165) is 77.7 Å². The molecule has 0 unspecified atom stereocenters. The quantitative estimate of drug-likeness (QED) is 0.188. The zero-order valence-corrected chi connectivity index (χ0v) is 27.0. The second-order valence-electron chi connectivity index (χ2n) is 12.7. The molecule has 0 amide bonds. The third-order valence-electron chi connectivity index (χ3n) is 9.69. The number of anilines is 3. The highest BCUT2D eigenvalue weighted by Gasteiger charge is 2.20. The highest BCUT2D eigenvalue weighted by molar-refractivity contribution is 6.13. The molecule has 10 aromatic rings. The van der Waals surface area contributed by atoms with Crippen LogP contribution in [0.25, 0.3) is 76.8 Å². The van der Waals surface area contributed by atoms with E-state index in [9.17, 15) is 0 Å². The van der Waals surface area contributed by atoms with Crippen molar-refractivity contribution in [1.29, 1.82) is 0 Å². The Morgan fingerprint density at radius 3 is 1.42 bits per heavy atom. The molecule has 0 atom stereocenters.